The summed E-state index contributed by atoms with van der Waals surface area (Å²) in [7, 11) is 1.59. The topological polar surface area (TPSA) is 77.8 Å². The van der Waals surface area contributed by atoms with Gasteiger partial charge in [0.2, 0.25) is 0 Å². The standard InChI is InChI=1S/C29H26FNO5/c1-17-26(29(33)36-16-18-5-11-22(34-2)12-6-18)28(25-4-3-13-35-25)27-23(31-17)14-20(15-24(27)32)19-7-9-21(30)10-8-19/h3-13,20,28,31H,14-16H2,1-2H3/t20-,28+/m1/s1. The molecule has 1 aliphatic heterocycles. The minimum atomic E-state index is -0.665. The van der Waals surface area contributed by atoms with E-state index in [1.54, 1.807) is 50.4 Å². The molecule has 0 unspecified atom stereocenters. The van der Waals surface area contributed by atoms with Crippen LogP contribution in [-0.2, 0) is 20.9 Å². The molecule has 0 fully saturated rings. The SMILES string of the molecule is COc1ccc(COC(=O)C2=C(C)NC3=C(C(=O)C[C@H](c4ccc(F)cc4)C3)[C@H]2c2ccco2)cc1. The Balaban J connectivity index is 1.43. The quantitative estimate of drug-likeness (QED) is 0.461. The number of Topliss-reactive ketones (excluding diaryl/α,β-unsaturated/α-hetero) is 1. The number of allylic oxidation sites excluding steroid dienone is 3. The summed E-state index contributed by atoms with van der Waals surface area (Å²) < 4.78 is 30.0. The highest BCUT2D eigenvalue weighted by atomic mass is 19.1. The van der Waals surface area contributed by atoms with E-state index >= 15 is 0 Å². The van der Waals surface area contributed by atoms with Crippen LogP contribution in [-0.4, -0.2) is 18.9 Å². The Hall–Kier alpha value is -4.13. The van der Waals surface area contributed by atoms with E-state index in [1.165, 1.54) is 18.4 Å². The third-order valence-electron chi connectivity index (χ3n) is 6.75. The molecule has 1 N–H and O–H groups in total. The first-order valence-electron chi connectivity index (χ1n) is 11.8. The number of furan rings is 1. The number of ether oxygens (including phenoxy) is 2. The van der Waals surface area contributed by atoms with Crippen molar-refractivity contribution in [3.63, 3.8) is 0 Å². The van der Waals surface area contributed by atoms with Gasteiger partial charge in [0.05, 0.1) is 24.9 Å². The number of halogens is 1. The minimum absolute atomic E-state index is 0.0765. The third-order valence-corrected chi connectivity index (χ3v) is 6.75. The van der Waals surface area contributed by atoms with E-state index in [9.17, 15) is 14.0 Å². The zero-order valence-corrected chi connectivity index (χ0v) is 20.0. The molecule has 2 aliphatic rings. The van der Waals surface area contributed by atoms with Crippen LogP contribution >= 0.6 is 0 Å². The van der Waals surface area contributed by atoms with Crippen LogP contribution in [0.5, 0.6) is 5.75 Å². The number of dihydropyridines is 1. The van der Waals surface area contributed by atoms with Crippen molar-refractivity contribution in [2.24, 2.45) is 0 Å². The Labute approximate surface area is 208 Å². The molecule has 36 heavy (non-hydrogen) atoms. The summed E-state index contributed by atoms with van der Waals surface area (Å²) in [6.07, 6.45) is 2.36. The predicted octanol–water partition coefficient (Wildman–Crippen LogP) is 5.53. The molecule has 0 saturated carbocycles. The number of ketones is 1. The van der Waals surface area contributed by atoms with Gasteiger partial charge >= 0.3 is 5.97 Å². The third kappa shape index (κ3) is 4.56. The first-order valence-corrected chi connectivity index (χ1v) is 11.8. The Bertz CT molecular complexity index is 1340. The van der Waals surface area contributed by atoms with Crippen molar-refractivity contribution in [1.29, 1.82) is 0 Å². The molecule has 5 rings (SSSR count). The number of hydrogen-bond acceptors (Lipinski definition) is 6. The molecule has 0 bridgehead atoms. The maximum Gasteiger partial charge on any atom is 0.337 e. The molecule has 2 heterocycles. The molecule has 184 valence electrons. The summed E-state index contributed by atoms with van der Waals surface area (Å²) in [5.74, 6) is -0.435. The number of benzene rings is 2. The molecular weight excluding hydrogens is 461 g/mol. The van der Waals surface area contributed by atoms with Crippen molar-refractivity contribution in [3.05, 3.63) is 112 Å². The maximum absolute atomic E-state index is 13.5. The number of nitrogens with one attached hydrogen (secondary N) is 1. The second kappa shape index (κ2) is 9.85. The van der Waals surface area contributed by atoms with E-state index in [1.807, 2.05) is 12.1 Å². The average Bonchev–Trinajstić information content (AvgIpc) is 3.42. The van der Waals surface area contributed by atoms with E-state index in [0.717, 1.165) is 16.8 Å². The van der Waals surface area contributed by atoms with Crippen LogP contribution < -0.4 is 10.1 Å². The van der Waals surface area contributed by atoms with Gasteiger partial charge in [0.25, 0.3) is 0 Å². The fourth-order valence-electron chi connectivity index (χ4n) is 4.97. The molecular formula is C29H26FNO5. The second-order valence-corrected chi connectivity index (χ2v) is 9.01. The van der Waals surface area contributed by atoms with Gasteiger partial charge in [0.1, 0.15) is 23.9 Å². The summed E-state index contributed by atoms with van der Waals surface area (Å²) in [6.45, 7) is 1.88. The molecule has 6 nitrogen and oxygen atoms in total. The highest BCUT2D eigenvalue weighted by Crippen LogP contribution is 2.45. The van der Waals surface area contributed by atoms with Crippen LogP contribution in [0, 0.1) is 5.82 Å². The van der Waals surface area contributed by atoms with Crippen LogP contribution in [0.25, 0.3) is 0 Å². The number of rotatable bonds is 6. The zero-order chi connectivity index (χ0) is 25.2. The lowest BCUT2D eigenvalue weighted by Crippen LogP contribution is -2.36. The Morgan fingerprint density at radius 1 is 1.08 bits per heavy atom. The molecule has 0 radical (unpaired) electrons. The lowest BCUT2D eigenvalue weighted by atomic mass is 9.73. The van der Waals surface area contributed by atoms with Crippen LogP contribution in [0.2, 0.25) is 0 Å². The Morgan fingerprint density at radius 3 is 2.50 bits per heavy atom. The fourth-order valence-corrected chi connectivity index (χ4v) is 4.97. The predicted molar refractivity (Wildman–Crippen MR) is 130 cm³/mol. The largest absolute Gasteiger partial charge is 0.497 e. The number of hydrogen-bond donors (Lipinski definition) is 1. The van der Waals surface area contributed by atoms with Gasteiger partial charge in [-0.15, -0.1) is 0 Å². The van der Waals surface area contributed by atoms with E-state index in [2.05, 4.69) is 5.32 Å². The molecule has 7 heteroatoms. The van der Waals surface area contributed by atoms with Crippen molar-refractivity contribution in [3.8, 4) is 5.75 Å². The van der Waals surface area contributed by atoms with Crippen LogP contribution in [0.15, 0.2) is 93.9 Å². The van der Waals surface area contributed by atoms with Gasteiger partial charge in [0, 0.05) is 23.4 Å². The number of esters is 1. The van der Waals surface area contributed by atoms with Gasteiger partial charge in [-0.25, -0.2) is 9.18 Å². The average molecular weight is 488 g/mol. The summed E-state index contributed by atoms with van der Waals surface area (Å²) in [6, 6.07) is 17.0. The van der Waals surface area contributed by atoms with E-state index in [0.29, 0.717) is 34.8 Å². The lowest BCUT2D eigenvalue weighted by Gasteiger charge is -2.35. The van der Waals surface area contributed by atoms with Gasteiger partial charge in [-0.05, 0) is 66.8 Å². The molecule has 0 spiro atoms. The van der Waals surface area contributed by atoms with Gasteiger partial charge in [0.15, 0.2) is 5.78 Å². The normalized spacial score (nSPS) is 19.6. The molecule has 2 aromatic carbocycles. The van der Waals surface area contributed by atoms with Gasteiger partial charge in [-0.1, -0.05) is 24.3 Å². The molecule has 0 amide bonds. The molecule has 1 aromatic heterocycles. The fraction of sp³-hybridized carbons (Fsp3) is 0.241. The number of methoxy groups -OCH3 is 1. The van der Waals surface area contributed by atoms with Crippen LogP contribution in [0.3, 0.4) is 0 Å². The summed E-state index contributed by atoms with van der Waals surface area (Å²) in [5.41, 5.74) is 3.96. The van der Waals surface area contributed by atoms with E-state index in [4.69, 9.17) is 13.9 Å². The van der Waals surface area contributed by atoms with Crippen LogP contribution in [0.1, 0.15) is 48.5 Å². The molecule has 1 aliphatic carbocycles. The second-order valence-electron chi connectivity index (χ2n) is 9.01. The Kier molecular flexibility index (Phi) is 6.46. The highest BCUT2D eigenvalue weighted by Gasteiger charge is 2.42. The smallest absolute Gasteiger partial charge is 0.337 e. The zero-order valence-electron chi connectivity index (χ0n) is 20.0. The van der Waals surface area contributed by atoms with Gasteiger partial charge in [-0.2, -0.15) is 0 Å². The first-order chi connectivity index (χ1) is 17.4. The molecule has 0 saturated heterocycles. The number of carbonyl (C=O) groups is 2. The lowest BCUT2D eigenvalue weighted by molar-refractivity contribution is -0.140. The molecule has 3 aromatic rings. The maximum atomic E-state index is 13.5. The van der Waals surface area contributed by atoms with Crippen molar-refractivity contribution in [2.45, 2.75) is 38.2 Å². The van der Waals surface area contributed by atoms with E-state index < -0.39 is 11.9 Å². The summed E-state index contributed by atoms with van der Waals surface area (Å²) >= 11 is 0. The van der Waals surface area contributed by atoms with Crippen molar-refractivity contribution >= 4 is 11.8 Å². The first kappa shape index (κ1) is 23.6. The summed E-state index contributed by atoms with van der Waals surface area (Å²) in [5, 5.41) is 3.30. The highest BCUT2D eigenvalue weighted by molar-refractivity contribution is 6.04. The van der Waals surface area contributed by atoms with E-state index in [-0.39, 0.29) is 30.5 Å². The summed E-state index contributed by atoms with van der Waals surface area (Å²) in [4.78, 5) is 26.9. The monoisotopic (exact) mass is 487 g/mol. The minimum Gasteiger partial charge on any atom is -0.497 e. The van der Waals surface area contributed by atoms with Gasteiger partial charge in [-0.3, -0.25) is 4.79 Å². The van der Waals surface area contributed by atoms with Crippen molar-refractivity contribution < 1.29 is 27.9 Å². The van der Waals surface area contributed by atoms with Crippen molar-refractivity contribution in [2.75, 3.05) is 7.11 Å². The van der Waals surface area contributed by atoms with Crippen LogP contribution in [0.4, 0.5) is 4.39 Å². The van der Waals surface area contributed by atoms with Crippen molar-refractivity contribution in [1.82, 2.24) is 5.32 Å². The number of carbonyl (C=O) groups excluding carboxylic acids is 2. The molecule has 2 atom stereocenters. The van der Waals surface area contributed by atoms with Gasteiger partial charge < -0.3 is 19.2 Å². The Morgan fingerprint density at radius 2 is 1.83 bits per heavy atom.